The molecule has 1 aliphatic rings. The van der Waals surface area contributed by atoms with Crippen molar-refractivity contribution < 1.29 is 23.9 Å². The quantitative estimate of drug-likeness (QED) is 0.446. The van der Waals surface area contributed by atoms with Crippen molar-refractivity contribution >= 4 is 17.7 Å². The normalized spacial score (nSPS) is 14.8. The number of carbonyl (C=O) groups is 3. The van der Waals surface area contributed by atoms with Gasteiger partial charge in [-0.25, -0.2) is 0 Å². The van der Waals surface area contributed by atoms with E-state index in [-0.39, 0.29) is 42.8 Å². The maximum Gasteiger partial charge on any atom is 0.253 e. The number of rotatable bonds is 11. The van der Waals surface area contributed by atoms with Crippen LogP contribution in [-0.4, -0.2) is 61.1 Å². The fourth-order valence-electron chi connectivity index (χ4n) is 1.96. The van der Waals surface area contributed by atoms with Crippen LogP contribution in [0.1, 0.15) is 34.1 Å². The van der Waals surface area contributed by atoms with Gasteiger partial charge >= 0.3 is 0 Å². The second-order valence-corrected chi connectivity index (χ2v) is 6.78. The Bertz CT molecular complexity index is 467. The summed E-state index contributed by atoms with van der Waals surface area (Å²) in [4.78, 5) is 35.5. The van der Waals surface area contributed by atoms with Gasteiger partial charge in [-0.2, -0.15) is 0 Å². The topological polar surface area (TPSA) is 84.9 Å². The Morgan fingerprint density at radius 3 is 2.46 bits per heavy atom. The average molecular weight is 340 g/mol. The number of amides is 3. The minimum Gasteiger partial charge on any atom is -0.378 e. The van der Waals surface area contributed by atoms with Crippen LogP contribution in [0, 0.1) is 5.92 Å². The van der Waals surface area contributed by atoms with Crippen LogP contribution in [0.25, 0.3) is 0 Å². The molecule has 0 aromatic carbocycles. The first kappa shape index (κ1) is 20.3. The standard InChI is InChI=1S/C17H28N2O5/c1-13(2)11-24-17(3,4)12-23-10-7-14(20)18-8-9-19-15(21)5-6-16(19)22/h5-6,13H,7-12H2,1-4H3,(H,18,20). The van der Waals surface area contributed by atoms with E-state index >= 15 is 0 Å². The highest BCUT2D eigenvalue weighted by atomic mass is 16.5. The molecule has 0 atom stereocenters. The van der Waals surface area contributed by atoms with E-state index in [1.807, 2.05) is 13.8 Å². The molecule has 136 valence electrons. The second-order valence-electron chi connectivity index (χ2n) is 6.78. The van der Waals surface area contributed by atoms with E-state index in [9.17, 15) is 14.4 Å². The van der Waals surface area contributed by atoms with Crippen molar-refractivity contribution in [3.05, 3.63) is 12.2 Å². The molecular weight excluding hydrogens is 312 g/mol. The number of nitrogens with one attached hydrogen (secondary N) is 1. The van der Waals surface area contributed by atoms with Crippen LogP contribution in [0.3, 0.4) is 0 Å². The number of carbonyl (C=O) groups excluding carboxylic acids is 3. The molecule has 1 N–H and O–H groups in total. The maximum absolute atomic E-state index is 11.7. The van der Waals surface area contributed by atoms with Crippen molar-refractivity contribution in [1.29, 1.82) is 0 Å². The van der Waals surface area contributed by atoms with E-state index in [0.717, 1.165) is 4.90 Å². The summed E-state index contributed by atoms with van der Waals surface area (Å²) in [5.74, 6) is -0.412. The molecule has 24 heavy (non-hydrogen) atoms. The van der Waals surface area contributed by atoms with Gasteiger partial charge in [-0.15, -0.1) is 0 Å². The van der Waals surface area contributed by atoms with Crippen molar-refractivity contribution in [2.75, 3.05) is 32.9 Å². The smallest absolute Gasteiger partial charge is 0.253 e. The van der Waals surface area contributed by atoms with E-state index in [0.29, 0.717) is 25.7 Å². The summed E-state index contributed by atoms with van der Waals surface area (Å²) in [5, 5.41) is 2.66. The van der Waals surface area contributed by atoms with Gasteiger partial charge in [0, 0.05) is 38.3 Å². The lowest BCUT2D eigenvalue weighted by atomic mass is 10.1. The van der Waals surface area contributed by atoms with Gasteiger partial charge in [0.1, 0.15) is 0 Å². The van der Waals surface area contributed by atoms with Gasteiger partial charge in [0.25, 0.3) is 11.8 Å². The van der Waals surface area contributed by atoms with Crippen LogP contribution >= 0.6 is 0 Å². The summed E-state index contributed by atoms with van der Waals surface area (Å²) in [6.07, 6.45) is 2.67. The van der Waals surface area contributed by atoms with Gasteiger partial charge in [-0.3, -0.25) is 19.3 Å². The van der Waals surface area contributed by atoms with Crippen molar-refractivity contribution in [2.45, 2.75) is 39.7 Å². The molecule has 0 bridgehead atoms. The predicted octanol–water partition coefficient (Wildman–Crippen LogP) is 0.886. The minimum absolute atomic E-state index is 0.174. The van der Waals surface area contributed by atoms with Crippen molar-refractivity contribution in [1.82, 2.24) is 10.2 Å². The second kappa shape index (κ2) is 9.54. The van der Waals surface area contributed by atoms with Crippen LogP contribution in [0.4, 0.5) is 0 Å². The highest BCUT2D eigenvalue weighted by molar-refractivity contribution is 6.12. The summed E-state index contributed by atoms with van der Waals surface area (Å²) in [6, 6.07) is 0. The van der Waals surface area contributed by atoms with Gasteiger partial charge in [0.05, 0.1) is 18.8 Å². The van der Waals surface area contributed by atoms with Crippen LogP contribution in [0.5, 0.6) is 0 Å². The molecule has 0 spiro atoms. The third kappa shape index (κ3) is 7.70. The van der Waals surface area contributed by atoms with Gasteiger partial charge in [0.15, 0.2) is 0 Å². The molecule has 0 fully saturated rings. The largest absolute Gasteiger partial charge is 0.378 e. The zero-order valence-electron chi connectivity index (χ0n) is 15.0. The van der Waals surface area contributed by atoms with Gasteiger partial charge in [0.2, 0.25) is 5.91 Å². The molecule has 7 heteroatoms. The lowest BCUT2D eigenvalue weighted by Gasteiger charge is -2.26. The zero-order valence-corrected chi connectivity index (χ0v) is 15.0. The van der Waals surface area contributed by atoms with Crippen LogP contribution in [-0.2, 0) is 23.9 Å². The fourth-order valence-corrected chi connectivity index (χ4v) is 1.96. The molecule has 0 aliphatic carbocycles. The van der Waals surface area contributed by atoms with E-state index in [1.165, 1.54) is 12.2 Å². The van der Waals surface area contributed by atoms with Crippen LogP contribution in [0.15, 0.2) is 12.2 Å². The SMILES string of the molecule is CC(C)COC(C)(C)COCCC(=O)NCCN1C(=O)C=CC1=O. The van der Waals surface area contributed by atoms with E-state index in [1.54, 1.807) is 0 Å². The molecule has 1 aliphatic heterocycles. The van der Waals surface area contributed by atoms with E-state index in [4.69, 9.17) is 9.47 Å². The first-order valence-electron chi connectivity index (χ1n) is 8.23. The summed E-state index contributed by atoms with van der Waals surface area (Å²) in [7, 11) is 0. The molecule has 0 saturated heterocycles. The van der Waals surface area contributed by atoms with Crippen LogP contribution in [0.2, 0.25) is 0 Å². The molecular formula is C17H28N2O5. The Morgan fingerprint density at radius 1 is 1.25 bits per heavy atom. The molecule has 7 nitrogen and oxygen atoms in total. The van der Waals surface area contributed by atoms with Crippen molar-refractivity contribution in [3.8, 4) is 0 Å². The lowest BCUT2D eigenvalue weighted by molar-refractivity contribution is -0.137. The highest BCUT2D eigenvalue weighted by Gasteiger charge is 2.22. The van der Waals surface area contributed by atoms with Gasteiger partial charge < -0.3 is 14.8 Å². The van der Waals surface area contributed by atoms with Gasteiger partial charge in [-0.05, 0) is 19.8 Å². The molecule has 1 rings (SSSR count). The molecule has 0 saturated carbocycles. The maximum atomic E-state index is 11.7. The van der Waals surface area contributed by atoms with Crippen molar-refractivity contribution in [3.63, 3.8) is 0 Å². The lowest BCUT2D eigenvalue weighted by Crippen LogP contribution is -2.38. The fraction of sp³-hybridized carbons (Fsp3) is 0.706. The first-order valence-corrected chi connectivity index (χ1v) is 8.23. The Morgan fingerprint density at radius 2 is 1.88 bits per heavy atom. The zero-order chi connectivity index (χ0) is 18.2. The third-order valence-corrected chi connectivity index (χ3v) is 3.29. The third-order valence-electron chi connectivity index (χ3n) is 3.29. The number of ether oxygens (including phenoxy) is 2. The van der Waals surface area contributed by atoms with E-state index < -0.39 is 0 Å². The molecule has 0 aromatic heterocycles. The number of hydrogen-bond acceptors (Lipinski definition) is 5. The molecule has 1 heterocycles. The summed E-state index contributed by atoms with van der Waals surface area (Å²) < 4.78 is 11.2. The Hall–Kier alpha value is -1.73. The average Bonchev–Trinajstić information content (AvgIpc) is 2.81. The monoisotopic (exact) mass is 340 g/mol. The summed E-state index contributed by atoms with van der Waals surface area (Å²) >= 11 is 0. The molecule has 0 radical (unpaired) electrons. The van der Waals surface area contributed by atoms with Gasteiger partial charge in [-0.1, -0.05) is 13.8 Å². The Kier molecular flexibility index (Phi) is 8.07. The highest BCUT2D eigenvalue weighted by Crippen LogP contribution is 2.11. The Labute approximate surface area is 143 Å². The summed E-state index contributed by atoms with van der Waals surface area (Å²) in [5.41, 5.74) is -0.385. The number of imide groups is 1. The van der Waals surface area contributed by atoms with Crippen LogP contribution < -0.4 is 5.32 Å². The van der Waals surface area contributed by atoms with E-state index in [2.05, 4.69) is 19.2 Å². The molecule has 0 unspecified atom stereocenters. The first-order chi connectivity index (χ1) is 11.2. The molecule has 0 aromatic rings. The Balaban J connectivity index is 2.10. The summed E-state index contributed by atoms with van der Waals surface area (Å²) in [6.45, 7) is 9.86. The minimum atomic E-state index is -0.385. The predicted molar refractivity (Wildman–Crippen MR) is 89.2 cm³/mol. The number of nitrogens with zero attached hydrogens (tertiary/aromatic N) is 1. The number of hydrogen-bond donors (Lipinski definition) is 1. The van der Waals surface area contributed by atoms with Crippen molar-refractivity contribution in [2.24, 2.45) is 5.92 Å². The molecule has 3 amide bonds.